The lowest BCUT2D eigenvalue weighted by molar-refractivity contribution is -0.156. The summed E-state index contributed by atoms with van der Waals surface area (Å²) in [6.07, 6.45) is 1.14. The molecule has 0 aliphatic heterocycles. The monoisotopic (exact) mass is 487 g/mol. The molecule has 182 valence electrons. The molecule has 0 radical (unpaired) electrons. The molecule has 0 fully saturated rings. The van der Waals surface area contributed by atoms with E-state index >= 15 is 0 Å². The molecule has 0 unspecified atom stereocenters. The highest BCUT2D eigenvalue weighted by molar-refractivity contribution is 7.98. The van der Waals surface area contributed by atoms with Crippen molar-refractivity contribution in [3.8, 4) is 5.75 Å². The zero-order valence-electron chi connectivity index (χ0n) is 19.3. The van der Waals surface area contributed by atoms with Crippen LogP contribution in [0.25, 0.3) is 0 Å². The maximum absolute atomic E-state index is 12.7. The Morgan fingerprint density at radius 2 is 1.56 bits per heavy atom. The van der Waals surface area contributed by atoms with Crippen LogP contribution in [0.5, 0.6) is 5.75 Å². The highest BCUT2D eigenvalue weighted by atomic mass is 32.2. The summed E-state index contributed by atoms with van der Waals surface area (Å²) in [4.78, 5) is 48.5. The molecule has 2 atom stereocenters. The lowest BCUT2D eigenvalue weighted by Crippen LogP contribution is -2.46. The molecule has 0 saturated carbocycles. The van der Waals surface area contributed by atoms with Gasteiger partial charge in [-0.1, -0.05) is 18.2 Å². The predicted molar refractivity (Wildman–Crippen MR) is 132 cm³/mol. The summed E-state index contributed by atoms with van der Waals surface area (Å²) in [6, 6.07) is 14.5. The second kappa shape index (κ2) is 13.9. The molecule has 0 spiro atoms. The van der Waals surface area contributed by atoms with Gasteiger partial charge in [0.2, 0.25) is 5.91 Å². The van der Waals surface area contributed by atoms with Crippen LogP contribution < -0.4 is 20.7 Å². The van der Waals surface area contributed by atoms with Gasteiger partial charge in [0.1, 0.15) is 11.8 Å². The summed E-state index contributed by atoms with van der Waals surface area (Å²) in [6.45, 7) is 2.60. The summed E-state index contributed by atoms with van der Waals surface area (Å²) < 4.78 is 10.7. The molecular formula is C24H29N3O6S. The van der Waals surface area contributed by atoms with Crippen LogP contribution in [-0.2, 0) is 23.9 Å². The molecule has 3 N–H and O–H groups in total. The van der Waals surface area contributed by atoms with Crippen LogP contribution in [0.2, 0.25) is 0 Å². The van der Waals surface area contributed by atoms with E-state index in [2.05, 4.69) is 16.0 Å². The zero-order chi connectivity index (χ0) is 24.9. The fraction of sp³-hybridized carbons (Fsp3) is 0.333. The quantitative estimate of drug-likeness (QED) is 0.394. The topological polar surface area (TPSA) is 123 Å². The number of esters is 1. The van der Waals surface area contributed by atoms with Crippen LogP contribution in [-0.4, -0.2) is 54.5 Å². The minimum absolute atomic E-state index is 0.202. The number of carbonyl (C=O) groups is 4. The van der Waals surface area contributed by atoms with E-state index in [9.17, 15) is 19.2 Å². The van der Waals surface area contributed by atoms with Crippen molar-refractivity contribution < 1.29 is 28.7 Å². The van der Waals surface area contributed by atoms with Crippen molar-refractivity contribution in [1.29, 1.82) is 0 Å². The SMILES string of the molecule is CSCC[C@H](NC(=O)COc1ccccc1)C(=O)O[C@@H](C)C(=O)Nc1ccc(NC(C)=O)cc1. The Balaban J connectivity index is 1.89. The van der Waals surface area contributed by atoms with Gasteiger partial charge in [-0.15, -0.1) is 0 Å². The van der Waals surface area contributed by atoms with Gasteiger partial charge >= 0.3 is 5.97 Å². The number of benzene rings is 2. The van der Waals surface area contributed by atoms with Gasteiger partial charge in [-0.05, 0) is 61.8 Å². The van der Waals surface area contributed by atoms with E-state index in [1.54, 1.807) is 48.5 Å². The van der Waals surface area contributed by atoms with Crippen molar-refractivity contribution in [3.05, 3.63) is 54.6 Å². The van der Waals surface area contributed by atoms with Crippen LogP contribution in [0, 0.1) is 0 Å². The van der Waals surface area contributed by atoms with Crippen molar-refractivity contribution in [1.82, 2.24) is 5.32 Å². The number of carbonyl (C=O) groups excluding carboxylic acids is 4. The number of hydrogen-bond donors (Lipinski definition) is 3. The van der Waals surface area contributed by atoms with E-state index in [1.165, 1.54) is 25.6 Å². The maximum atomic E-state index is 12.7. The van der Waals surface area contributed by atoms with E-state index in [-0.39, 0.29) is 12.5 Å². The Morgan fingerprint density at radius 1 is 0.941 bits per heavy atom. The third-order valence-electron chi connectivity index (χ3n) is 4.48. The van der Waals surface area contributed by atoms with Gasteiger partial charge in [0.15, 0.2) is 12.7 Å². The molecule has 9 nitrogen and oxygen atoms in total. The van der Waals surface area contributed by atoms with Crippen molar-refractivity contribution in [2.24, 2.45) is 0 Å². The molecule has 2 rings (SSSR count). The number of hydrogen-bond acceptors (Lipinski definition) is 7. The summed E-state index contributed by atoms with van der Waals surface area (Å²) in [7, 11) is 0. The van der Waals surface area contributed by atoms with E-state index in [0.717, 1.165) is 0 Å². The normalized spacial score (nSPS) is 12.1. The lowest BCUT2D eigenvalue weighted by atomic mass is 10.2. The highest BCUT2D eigenvalue weighted by Crippen LogP contribution is 2.14. The van der Waals surface area contributed by atoms with Crippen LogP contribution in [0.3, 0.4) is 0 Å². The summed E-state index contributed by atoms with van der Waals surface area (Å²) in [5.74, 6) is -0.749. The largest absolute Gasteiger partial charge is 0.484 e. The smallest absolute Gasteiger partial charge is 0.329 e. The maximum Gasteiger partial charge on any atom is 0.329 e. The second-order valence-electron chi connectivity index (χ2n) is 7.33. The van der Waals surface area contributed by atoms with Crippen LogP contribution >= 0.6 is 11.8 Å². The summed E-state index contributed by atoms with van der Waals surface area (Å²) in [5.41, 5.74) is 1.07. The summed E-state index contributed by atoms with van der Waals surface area (Å²) >= 11 is 1.52. The second-order valence-corrected chi connectivity index (χ2v) is 8.32. The number of thioether (sulfide) groups is 1. The number of nitrogens with one attached hydrogen (secondary N) is 3. The van der Waals surface area contributed by atoms with Gasteiger partial charge in [-0.25, -0.2) is 4.79 Å². The molecule has 0 bridgehead atoms. The first-order chi connectivity index (χ1) is 16.3. The fourth-order valence-electron chi connectivity index (χ4n) is 2.78. The number of rotatable bonds is 12. The Kier molecular flexibility index (Phi) is 10.9. The van der Waals surface area contributed by atoms with Crippen molar-refractivity contribution >= 4 is 46.8 Å². The van der Waals surface area contributed by atoms with Crippen LogP contribution in [0.4, 0.5) is 11.4 Å². The number of anilines is 2. The molecule has 0 aromatic heterocycles. The van der Waals surface area contributed by atoms with E-state index in [4.69, 9.17) is 9.47 Å². The Hall–Kier alpha value is -3.53. The molecule has 0 saturated heterocycles. The highest BCUT2D eigenvalue weighted by Gasteiger charge is 2.26. The first kappa shape index (κ1) is 26.7. The molecule has 0 heterocycles. The fourth-order valence-corrected chi connectivity index (χ4v) is 3.25. The molecule has 0 aliphatic rings. The molecule has 2 aromatic rings. The first-order valence-corrected chi connectivity index (χ1v) is 12.0. The van der Waals surface area contributed by atoms with E-state index in [0.29, 0.717) is 29.3 Å². The molecule has 2 aromatic carbocycles. The van der Waals surface area contributed by atoms with Crippen molar-refractivity contribution in [2.45, 2.75) is 32.4 Å². The third-order valence-corrected chi connectivity index (χ3v) is 5.12. The van der Waals surface area contributed by atoms with Crippen LogP contribution in [0.15, 0.2) is 54.6 Å². The minimum atomic E-state index is -1.09. The molecule has 0 aliphatic carbocycles. The van der Waals surface area contributed by atoms with Gasteiger partial charge in [0.25, 0.3) is 11.8 Å². The predicted octanol–water partition coefficient (Wildman–Crippen LogP) is 2.83. The van der Waals surface area contributed by atoms with Gasteiger partial charge in [-0.3, -0.25) is 14.4 Å². The lowest BCUT2D eigenvalue weighted by Gasteiger charge is -2.20. The average Bonchev–Trinajstić information content (AvgIpc) is 2.81. The number of para-hydroxylation sites is 1. The molecule has 10 heteroatoms. The number of ether oxygens (including phenoxy) is 2. The Bertz CT molecular complexity index is 968. The Morgan fingerprint density at radius 3 is 2.15 bits per heavy atom. The summed E-state index contributed by atoms with van der Waals surface area (Å²) in [5, 5.41) is 7.90. The molecule has 3 amide bonds. The standard InChI is InChI=1S/C24H29N3O6S/c1-16(23(30)26-19-11-9-18(10-12-19)25-17(2)28)33-24(31)21(13-14-34-3)27-22(29)15-32-20-7-5-4-6-8-20/h4-12,16,21H,13-15H2,1-3H3,(H,25,28)(H,26,30)(H,27,29)/t16-,21-/m0/s1. The van der Waals surface area contributed by atoms with E-state index in [1.807, 2.05) is 12.3 Å². The van der Waals surface area contributed by atoms with E-state index < -0.39 is 29.9 Å². The van der Waals surface area contributed by atoms with Gasteiger partial charge in [0, 0.05) is 18.3 Å². The molecular weight excluding hydrogens is 458 g/mol. The van der Waals surface area contributed by atoms with Crippen molar-refractivity contribution in [2.75, 3.05) is 29.2 Å². The van der Waals surface area contributed by atoms with Crippen molar-refractivity contribution in [3.63, 3.8) is 0 Å². The van der Waals surface area contributed by atoms with Gasteiger partial charge in [-0.2, -0.15) is 11.8 Å². The molecule has 34 heavy (non-hydrogen) atoms. The van der Waals surface area contributed by atoms with Gasteiger partial charge < -0.3 is 25.4 Å². The zero-order valence-corrected chi connectivity index (χ0v) is 20.1. The first-order valence-electron chi connectivity index (χ1n) is 10.6. The Labute approximate surface area is 203 Å². The van der Waals surface area contributed by atoms with Gasteiger partial charge in [0.05, 0.1) is 0 Å². The van der Waals surface area contributed by atoms with Crippen LogP contribution in [0.1, 0.15) is 20.3 Å². The number of amides is 3. The third kappa shape index (κ3) is 9.53. The average molecular weight is 488 g/mol. The minimum Gasteiger partial charge on any atom is -0.484 e.